The Balaban J connectivity index is 1.78. The number of hydrogen-bond donors (Lipinski definition) is 1. The Bertz CT molecular complexity index is 839. The zero-order valence-electron chi connectivity index (χ0n) is 14.2. The summed E-state index contributed by atoms with van der Waals surface area (Å²) in [5, 5.41) is 12.2. The highest BCUT2D eigenvalue weighted by Crippen LogP contribution is 2.30. The van der Waals surface area contributed by atoms with Crippen LogP contribution in [-0.4, -0.2) is 23.1 Å². The van der Waals surface area contributed by atoms with Gasteiger partial charge in [0.1, 0.15) is 17.6 Å². The molecule has 0 spiro atoms. The van der Waals surface area contributed by atoms with Crippen molar-refractivity contribution in [3.63, 3.8) is 0 Å². The summed E-state index contributed by atoms with van der Waals surface area (Å²) in [6.07, 6.45) is 3.22. The molecule has 2 aromatic heterocycles. The van der Waals surface area contributed by atoms with Crippen LogP contribution in [0.15, 0.2) is 22.8 Å². The van der Waals surface area contributed by atoms with E-state index in [1.807, 2.05) is 24.5 Å². The second kappa shape index (κ2) is 6.85. The van der Waals surface area contributed by atoms with Gasteiger partial charge in [-0.3, -0.25) is 9.59 Å². The second-order valence-corrected chi connectivity index (χ2v) is 6.14. The molecule has 1 aliphatic rings. The van der Waals surface area contributed by atoms with Gasteiger partial charge in [0.15, 0.2) is 6.61 Å². The number of aromatic nitrogens is 1. The van der Waals surface area contributed by atoms with Gasteiger partial charge in [-0.25, -0.2) is 0 Å². The molecule has 0 saturated heterocycles. The first kappa shape index (κ1) is 16.8. The number of carbonyl (C=O) groups excluding carboxylic acids is 2. The van der Waals surface area contributed by atoms with Gasteiger partial charge in [-0.15, -0.1) is 0 Å². The molecule has 0 atom stereocenters. The molecule has 7 nitrogen and oxygen atoms in total. The van der Waals surface area contributed by atoms with Crippen molar-refractivity contribution in [1.82, 2.24) is 4.57 Å². The largest absolute Gasteiger partial charge is 0.467 e. The summed E-state index contributed by atoms with van der Waals surface area (Å²) in [4.78, 5) is 23.7. The minimum absolute atomic E-state index is 0.0604. The average molecular weight is 341 g/mol. The number of nitrogens with one attached hydrogen (secondary N) is 1. The molecule has 2 aromatic rings. The van der Waals surface area contributed by atoms with E-state index in [1.165, 1.54) is 0 Å². The van der Waals surface area contributed by atoms with Crippen LogP contribution in [0.2, 0.25) is 0 Å². The van der Waals surface area contributed by atoms with Gasteiger partial charge in [-0.2, -0.15) is 5.26 Å². The molecule has 1 fully saturated rings. The molecule has 0 bridgehead atoms. The van der Waals surface area contributed by atoms with E-state index in [2.05, 4.69) is 11.4 Å². The topological polar surface area (TPSA) is 97.3 Å². The number of amides is 1. The van der Waals surface area contributed by atoms with Crippen LogP contribution < -0.4 is 5.32 Å². The van der Waals surface area contributed by atoms with E-state index in [4.69, 9.17) is 9.15 Å². The molecule has 1 saturated carbocycles. The lowest BCUT2D eigenvalue weighted by atomic mass is 10.2. The van der Waals surface area contributed by atoms with Crippen LogP contribution in [0.4, 0.5) is 5.82 Å². The Kier molecular flexibility index (Phi) is 4.61. The summed E-state index contributed by atoms with van der Waals surface area (Å²) in [6, 6.07) is 5.73. The van der Waals surface area contributed by atoms with Gasteiger partial charge in [0.2, 0.25) is 0 Å². The fourth-order valence-corrected chi connectivity index (χ4v) is 2.63. The second-order valence-electron chi connectivity index (χ2n) is 6.14. The maximum Gasteiger partial charge on any atom is 0.309 e. The number of nitrogens with zero attached hydrogens (tertiary/aromatic N) is 2. The highest BCUT2D eigenvalue weighted by atomic mass is 16.5. The van der Waals surface area contributed by atoms with E-state index in [0.717, 1.165) is 24.1 Å². The van der Waals surface area contributed by atoms with Crippen molar-refractivity contribution in [2.45, 2.75) is 33.2 Å². The van der Waals surface area contributed by atoms with Crippen molar-refractivity contribution in [3.8, 4) is 6.07 Å². The van der Waals surface area contributed by atoms with Crippen molar-refractivity contribution >= 4 is 17.7 Å². The van der Waals surface area contributed by atoms with Crippen molar-refractivity contribution < 1.29 is 18.7 Å². The Morgan fingerprint density at radius 2 is 2.20 bits per heavy atom. The average Bonchev–Trinajstić information content (AvgIpc) is 3.28. The molecule has 2 heterocycles. The van der Waals surface area contributed by atoms with Crippen LogP contribution >= 0.6 is 0 Å². The normalized spacial score (nSPS) is 13.3. The van der Waals surface area contributed by atoms with E-state index in [1.54, 1.807) is 12.3 Å². The SMILES string of the molecule is Cc1c(C#N)c(NC(=O)COC(=O)C2CC2)n(Cc2ccco2)c1C. The van der Waals surface area contributed by atoms with Crippen molar-refractivity contribution in [2.75, 3.05) is 11.9 Å². The molecule has 7 heteroatoms. The maximum atomic E-state index is 12.2. The molecule has 1 aliphatic carbocycles. The summed E-state index contributed by atoms with van der Waals surface area (Å²) >= 11 is 0. The fraction of sp³-hybridized carbons (Fsp3) is 0.389. The first-order valence-electron chi connectivity index (χ1n) is 8.10. The van der Waals surface area contributed by atoms with Crippen LogP contribution in [0, 0.1) is 31.1 Å². The van der Waals surface area contributed by atoms with E-state index in [-0.39, 0.29) is 18.5 Å². The number of esters is 1. The van der Waals surface area contributed by atoms with Crippen LogP contribution in [-0.2, 0) is 20.9 Å². The van der Waals surface area contributed by atoms with Gasteiger partial charge in [0.25, 0.3) is 5.91 Å². The molecule has 130 valence electrons. The predicted octanol–water partition coefficient (Wildman–Crippen LogP) is 2.51. The van der Waals surface area contributed by atoms with E-state index in [0.29, 0.717) is 23.7 Å². The number of hydrogen-bond acceptors (Lipinski definition) is 5. The third-order valence-corrected chi connectivity index (χ3v) is 4.35. The fourth-order valence-electron chi connectivity index (χ4n) is 2.63. The van der Waals surface area contributed by atoms with Gasteiger partial charge in [0, 0.05) is 5.69 Å². The number of anilines is 1. The monoisotopic (exact) mass is 341 g/mol. The van der Waals surface area contributed by atoms with Crippen LogP contribution in [0.25, 0.3) is 0 Å². The number of rotatable bonds is 6. The molecular formula is C18H19N3O4. The van der Waals surface area contributed by atoms with Gasteiger partial charge in [-0.05, 0) is 44.4 Å². The van der Waals surface area contributed by atoms with Crippen molar-refractivity contribution in [3.05, 3.63) is 41.0 Å². The standard InChI is InChI=1S/C18H19N3O4/c1-11-12(2)21(9-14-4-3-7-24-14)17(15(11)8-19)20-16(22)10-25-18(23)13-5-6-13/h3-4,7,13H,5-6,9-10H2,1-2H3,(H,20,22). The summed E-state index contributed by atoms with van der Waals surface area (Å²) in [6.45, 7) is 3.74. The van der Waals surface area contributed by atoms with E-state index in [9.17, 15) is 14.9 Å². The lowest BCUT2D eigenvalue weighted by molar-refractivity contribution is -0.148. The van der Waals surface area contributed by atoms with Crippen LogP contribution in [0.5, 0.6) is 0 Å². The first-order valence-corrected chi connectivity index (χ1v) is 8.10. The third-order valence-electron chi connectivity index (χ3n) is 4.35. The smallest absolute Gasteiger partial charge is 0.309 e. The number of furan rings is 1. The van der Waals surface area contributed by atoms with Crippen LogP contribution in [0.1, 0.15) is 35.4 Å². The first-order chi connectivity index (χ1) is 12.0. The molecule has 25 heavy (non-hydrogen) atoms. The number of ether oxygens (including phenoxy) is 1. The Morgan fingerprint density at radius 3 is 2.80 bits per heavy atom. The molecule has 0 radical (unpaired) electrons. The summed E-state index contributed by atoms with van der Waals surface area (Å²) < 4.78 is 12.2. The summed E-state index contributed by atoms with van der Waals surface area (Å²) in [5.41, 5.74) is 2.04. The predicted molar refractivity (Wildman–Crippen MR) is 88.7 cm³/mol. The van der Waals surface area contributed by atoms with Gasteiger partial charge in [-0.1, -0.05) is 0 Å². The Morgan fingerprint density at radius 1 is 1.44 bits per heavy atom. The van der Waals surface area contributed by atoms with Gasteiger partial charge < -0.3 is 19.0 Å². The molecule has 1 N–H and O–H groups in total. The van der Waals surface area contributed by atoms with E-state index < -0.39 is 5.91 Å². The maximum absolute atomic E-state index is 12.2. The minimum atomic E-state index is -0.469. The van der Waals surface area contributed by atoms with Gasteiger partial charge >= 0.3 is 5.97 Å². The summed E-state index contributed by atoms with van der Waals surface area (Å²) in [7, 11) is 0. The molecule has 3 rings (SSSR count). The van der Waals surface area contributed by atoms with Crippen molar-refractivity contribution in [2.24, 2.45) is 5.92 Å². The Hall–Kier alpha value is -3.01. The van der Waals surface area contributed by atoms with Gasteiger partial charge in [0.05, 0.1) is 24.3 Å². The number of nitriles is 1. The molecular weight excluding hydrogens is 322 g/mol. The third kappa shape index (κ3) is 3.58. The Labute approximate surface area is 145 Å². The highest BCUT2D eigenvalue weighted by molar-refractivity contribution is 5.94. The number of carbonyl (C=O) groups is 2. The van der Waals surface area contributed by atoms with E-state index >= 15 is 0 Å². The van der Waals surface area contributed by atoms with Crippen LogP contribution in [0.3, 0.4) is 0 Å². The lowest BCUT2D eigenvalue weighted by Crippen LogP contribution is -2.23. The zero-order chi connectivity index (χ0) is 18.0. The molecule has 0 aromatic carbocycles. The molecule has 0 unspecified atom stereocenters. The quantitative estimate of drug-likeness (QED) is 0.814. The molecule has 0 aliphatic heterocycles. The minimum Gasteiger partial charge on any atom is -0.467 e. The summed E-state index contributed by atoms with van der Waals surface area (Å²) in [5.74, 6) is 0.229. The zero-order valence-corrected chi connectivity index (χ0v) is 14.2. The molecule has 1 amide bonds. The highest BCUT2D eigenvalue weighted by Gasteiger charge is 2.31. The lowest BCUT2D eigenvalue weighted by Gasteiger charge is -2.12. The van der Waals surface area contributed by atoms with Crippen molar-refractivity contribution in [1.29, 1.82) is 5.26 Å².